The maximum absolute atomic E-state index is 12.3. The van der Waals surface area contributed by atoms with Crippen LogP contribution in [-0.2, 0) is 11.3 Å². The smallest absolute Gasteiger partial charge is 0.260 e. The predicted octanol–water partition coefficient (Wildman–Crippen LogP) is 1.50. The minimum absolute atomic E-state index is 0.0353. The number of amides is 1. The second-order valence-corrected chi connectivity index (χ2v) is 6.22. The lowest BCUT2D eigenvalue weighted by atomic mass is 10.3. The SMILES string of the molecule is CCOc1ccc(OCC(=O)N2CCN(CCn3ccnc3)CC2)cc1. The maximum Gasteiger partial charge on any atom is 0.260 e. The first kappa shape index (κ1) is 18.3. The molecule has 2 heterocycles. The van der Waals surface area contributed by atoms with E-state index < -0.39 is 0 Å². The van der Waals surface area contributed by atoms with E-state index in [0.717, 1.165) is 45.0 Å². The lowest BCUT2D eigenvalue weighted by Crippen LogP contribution is -2.50. The number of hydrogen-bond donors (Lipinski definition) is 0. The Morgan fingerprint density at radius 2 is 1.73 bits per heavy atom. The minimum atomic E-state index is 0.0353. The van der Waals surface area contributed by atoms with Gasteiger partial charge in [0.1, 0.15) is 11.5 Å². The molecule has 1 aromatic heterocycles. The molecule has 3 rings (SSSR count). The zero-order valence-electron chi connectivity index (χ0n) is 15.2. The molecule has 26 heavy (non-hydrogen) atoms. The van der Waals surface area contributed by atoms with E-state index in [-0.39, 0.29) is 12.5 Å². The van der Waals surface area contributed by atoms with Gasteiger partial charge in [0.05, 0.1) is 12.9 Å². The van der Waals surface area contributed by atoms with Gasteiger partial charge in [0.2, 0.25) is 0 Å². The number of imidazole rings is 1. The normalized spacial score (nSPS) is 15.0. The van der Waals surface area contributed by atoms with Gasteiger partial charge in [-0.2, -0.15) is 0 Å². The van der Waals surface area contributed by atoms with Crippen LogP contribution in [0.5, 0.6) is 11.5 Å². The van der Waals surface area contributed by atoms with Gasteiger partial charge in [-0.15, -0.1) is 0 Å². The van der Waals surface area contributed by atoms with Crippen LogP contribution >= 0.6 is 0 Å². The summed E-state index contributed by atoms with van der Waals surface area (Å²) in [5.74, 6) is 1.52. The summed E-state index contributed by atoms with van der Waals surface area (Å²) < 4.78 is 13.1. The molecule has 0 atom stereocenters. The number of carbonyl (C=O) groups is 1. The van der Waals surface area contributed by atoms with Crippen molar-refractivity contribution in [3.63, 3.8) is 0 Å². The van der Waals surface area contributed by atoms with Crippen LogP contribution < -0.4 is 9.47 Å². The highest BCUT2D eigenvalue weighted by atomic mass is 16.5. The minimum Gasteiger partial charge on any atom is -0.494 e. The van der Waals surface area contributed by atoms with Crippen molar-refractivity contribution in [3.8, 4) is 11.5 Å². The average Bonchev–Trinajstić information content (AvgIpc) is 3.20. The molecule has 1 amide bonds. The van der Waals surface area contributed by atoms with Gasteiger partial charge in [0.15, 0.2) is 6.61 Å². The summed E-state index contributed by atoms with van der Waals surface area (Å²) in [6.45, 7) is 7.82. The molecule has 1 aromatic carbocycles. The van der Waals surface area contributed by atoms with Crippen LogP contribution in [0.1, 0.15) is 6.92 Å². The predicted molar refractivity (Wildman–Crippen MR) is 98.4 cm³/mol. The number of piperazine rings is 1. The van der Waals surface area contributed by atoms with Crippen LogP contribution in [-0.4, -0.2) is 71.2 Å². The van der Waals surface area contributed by atoms with Crippen molar-refractivity contribution in [3.05, 3.63) is 43.0 Å². The zero-order chi connectivity index (χ0) is 18.2. The van der Waals surface area contributed by atoms with Crippen molar-refractivity contribution in [1.82, 2.24) is 19.4 Å². The molecule has 2 aromatic rings. The van der Waals surface area contributed by atoms with Gasteiger partial charge < -0.3 is 18.9 Å². The van der Waals surface area contributed by atoms with Crippen LogP contribution in [0.3, 0.4) is 0 Å². The fraction of sp³-hybridized carbons (Fsp3) is 0.474. The lowest BCUT2D eigenvalue weighted by molar-refractivity contribution is -0.135. The summed E-state index contributed by atoms with van der Waals surface area (Å²) in [6.07, 6.45) is 5.59. The summed E-state index contributed by atoms with van der Waals surface area (Å²) in [5.41, 5.74) is 0. The number of carbonyl (C=O) groups excluding carboxylic acids is 1. The van der Waals surface area contributed by atoms with Crippen LogP contribution in [0.4, 0.5) is 0 Å². The fourth-order valence-corrected chi connectivity index (χ4v) is 2.93. The Morgan fingerprint density at radius 1 is 1.04 bits per heavy atom. The summed E-state index contributed by atoms with van der Waals surface area (Å²) in [5, 5.41) is 0. The molecule has 140 valence electrons. The van der Waals surface area contributed by atoms with Crippen LogP contribution in [0.15, 0.2) is 43.0 Å². The first-order valence-electron chi connectivity index (χ1n) is 9.06. The number of benzene rings is 1. The van der Waals surface area contributed by atoms with Gasteiger partial charge in [-0.1, -0.05) is 0 Å². The molecule has 0 aliphatic carbocycles. The summed E-state index contributed by atoms with van der Waals surface area (Å²) in [4.78, 5) is 20.6. The van der Waals surface area contributed by atoms with Gasteiger partial charge in [0.25, 0.3) is 5.91 Å². The van der Waals surface area contributed by atoms with Crippen LogP contribution in [0.25, 0.3) is 0 Å². The molecule has 1 fully saturated rings. The summed E-state index contributed by atoms with van der Waals surface area (Å²) in [7, 11) is 0. The Kier molecular flexibility index (Phi) is 6.49. The van der Waals surface area contributed by atoms with Gasteiger partial charge in [-0.05, 0) is 31.2 Å². The van der Waals surface area contributed by atoms with Gasteiger partial charge in [0, 0.05) is 51.7 Å². The number of hydrogen-bond acceptors (Lipinski definition) is 5. The second-order valence-electron chi connectivity index (χ2n) is 6.22. The van der Waals surface area contributed by atoms with E-state index in [1.54, 1.807) is 6.20 Å². The number of rotatable bonds is 8. The largest absolute Gasteiger partial charge is 0.494 e. The second kappa shape index (κ2) is 9.24. The van der Waals surface area contributed by atoms with E-state index in [9.17, 15) is 4.79 Å². The lowest BCUT2D eigenvalue weighted by Gasteiger charge is -2.34. The van der Waals surface area contributed by atoms with Crippen molar-refractivity contribution >= 4 is 5.91 Å². The molecule has 0 saturated carbocycles. The van der Waals surface area contributed by atoms with E-state index in [1.807, 2.05) is 48.6 Å². The Morgan fingerprint density at radius 3 is 2.35 bits per heavy atom. The van der Waals surface area contributed by atoms with E-state index in [0.29, 0.717) is 12.4 Å². The highest BCUT2D eigenvalue weighted by Crippen LogP contribution is 2.17. The molecular weight excluding hydrogens is 332 g/mol. The molecule has 0 spiro atoms. The molecule has 0 unspecified atom stereocenters. The van der Waals surface area contributed by atoms with E-state index >= 15 is 0 Å². The standard InChI is InChI=1S/C19H26N4O3/c1-2-25-17-3-5-18(6-4-17)26-15-19(24)23-13-11-21(12-14-23)9-10-22-8-7-20-16-22/h3-8,16H,2,9-15H2,1H3. The molecule has 1 aliphatic heterocycles. The van der Waals surface area contributed by atoms with Crippen molar-refractivity contribution in [2.45, 2.75) is 13.5 Å². The maximum atomic E-state index is 12.3. The van der Waals surface area contributed by atoms with E-state index in [1.165, 1.54) is 0 Å². The summed E-state index contributed by atoms with van der Waals surface area (Å²) >= 11 is 0. The number of aromatic nitrogens is 2. The zero-order valence-corrected chi connectivity index (χ0v) is 15.2. The van der Waals surface area contributed by atoms with Crippen molar-refractivity contribution in [2.75, 3.05) is 45.9 Å². The quantitative estimate of drug-likeness (QED) is 0.716. The van der Waals surface area contributed by atoms with Crippen molar-refractivity contribution < 1.29 is 14.3 Å². The van der Waals surface area contributed by atoms with Gasteiger partial charge in [-0.25, -0.2) is 4.98 Å². The Hall–Kier alpha value is -2.54. The molecule has 0 N–H and O–H groups in total. The first-order valence-corrected chi connectivity index (χ1v) is 9.06. The number of nitrogens with zero attached hydrogens (tertiary/aromatic N) is 4. The van der Waals surface area contributed by atoms with Crippen molar-refractivity contribution in [1.29, 1.82) is 0 Å². The highest BCUT2D eigenvalue weighted by molar-refractivity contribution is 5.77. The van der Waals surface area contributed by atoms with Gasteiger partial charge in [-0.3, -0.25) is 9.69 Å². The molecule has 7 heteroatoms. The highest BCUT2D eigenvalue weighted by Gasteiger charge is 2.21. The van der Waals surface area contributed by atoms with E-state index in [4.69, 9.17) is 9.47 Å². The molecule has 1 saturated heterocycles. The Balaban J connectivity index is 1.36. The molecule has 1 aliphatic rings. The van der Waals surface area contributed by atoms with Crippen LogP contribution in [0.2, 0.25) is 0 Å². The fourth-order valence-electron chi connectivity index (χ4n) is 2.93. The average molecular weight is 358 g/mol. The first-order chi connectivity index (χ1) is 12.7. The molecular formula is C19H26N4O3. The third-order valence-electron chi connectivity index (χ3n) is 4.46. The van der Waals surface area contributed by atoms with Crippen LogP contribution in [0, 0.1) is 0 Å². The third kappa shape index (κ3) is 5.23. The van der Waals surface area contributed by atoms with Crippen molar-refractivity contribution in [2.24, 2.45) is 0 Å². The Bertz CT molecular complexity index is 665. The van der Waals surface area contributed by atoms with E-state index in [2.05, 4.69) is 14.5 Å². The van der Waals surface area contributed by atoms with Gasteiger partial charge >= 0.3 is 0 Å². The molecule has 0 bridgehead atoms. The third-order valence-corrected chi connectivity index (χ3v) is 4.46. The topological polar surface area (TPSA) is 59.8 Å². The number of ether oxygens (including phenoxy) is 2. The monoisotopic (exact) mass is 358 g/mol. The molecule has 7 nitrogen and oxygen atoms in total. The molecule has 0 radical (unpaired) electrons. The summed E-state index contributed by atoms with van der Waals surface area (Å²) in [6, 6.07) is 7.35. The Labute approximate surface area is 154 Å².